The van der Waals surface area contributed by atoms with Gasteiger partial charge in [-0.25, -0.2) is 4.98 Å². The maximum atomic E-state index is 9.79. The predicted octanol–water partition coefficient (Wildman–Crippen LogP) is 1.37. The number of aromatic nitrogens is 4. The number of nitrogens with zero attached hydrogens (tertiary/aromatic N) is 3. The molecule has 0 radical (unpaired) electrons. The van der Waals surface area contributed by atoms with E-state index in [0.717, 1.165) is 36.6 Å². The van der Waals surface area contributed by atoms with Crippen molar-refractivity contribution in [2.45, 2.75) is 26.3 Å². The number of aryl methyl sites for hydroxylation is 1. The quantitative estimate of drug-likeness (QED) is 0.884. The third kappa shape index (κ3) is 2.48. The number of hydrogen-bond acceptors (Lipinski definition) is 4. The van der Waals surface area contributed by atoms with Gasteiger partial charge in [-0.05, 0) is 25.8 Å². The van der Waals surface area contributed by atoms with Crippen molar-refractivity contribution in [1.82, 2.24) is 19.7 Å². The van der Waals surface area contributed by atoms with Crippen LogP contribution >= 0.6 is 0 Å². The average molecular weight is 276 g/mol. The second-order valence-electron chi connectivity index (χ2n) is 5.59. The van der Waals surface area contributed by atoms with Crippen LogP contribution in [-0.2, 0) is 11.3 Å². The maximum absolute atomic E-state index is 9.79. The molecule has 3 heterocycles. The molecule has 0 unspecified atom stereocenters. The van der Waals surface area contributed by atoms with Gasteiger partial charge in [-0.3, -0.25) is 5.10 Å². The van der Waals surface area contributed by atoms with Gasteiger partial charge in [0.05, 0.1) is 6.61 Å². The Morgan fingerprint density at radius 3 is 2.90 bits per heavy atom. The molecule has 0 atom stereocenters. The first-order valence-corrected chi connectivity index (χ1v) is 6.95. The number of nitrogens with one attached hydrogen (secondary N) is 1. The Hall–Kier alpha value is -1.66. The van der Waals surface area contributed by atoms with E-state index in [1.165, 1.54) is 0 Å². The largest absolute Gasteiger partial charge is 0.396 e. The van der Waals surface area contributed by atoms with Crippen LogP contribution in [-0.4, -0.2) is 44.7 Å². The lowest BCUT2D eigenvalue weighted by Gasteiger charge is -2.36. The van der Waals surface area contributed by atoms with Crippen molar-refractivity contribution in [3.05, 3.63) is 24.2 Å². The van der Waals surface area contributed by atoms with E-state index >= 15 is 0 Å². The van der Waals surface area contributed by atoms with Crippen LogP contribution in [0.2, 0.25) is 0 Å². The monoisotopic (exact) mass is 276 g/mol. The number of ether oxygens (including phenoxy) is 1. The summed E-state index contributed by atoms with van der Waals surface area (Å²) in [6.45, 7) is 4.32. The molecule has 1 fully saturated rings. The maximum Gasteiger partial charge on any atom is 0.160 e. The summed E-state index contributed by atoms with van der Waals surface area (Å²) in [5.41, 5.74) is 1.74. The summed E-state index contributed by atoms with van der Waals surface area (Å²) in [5.74, 6) is 0.841. The fourth-order valence-electron chi connectivity index (χ4n) is 2.73. The third-order valence-electron chi connectivity index (χ3n) is 4.05. The zero-order valence-corrected chi connectivity index (χ0v) is 11.7. The van der Waals surface area contributed by atoms with Crippen LogP contribution in [0, 0.1) is 12.3 Å². The van der Waals surface area contributed by atoms with Gasteiger partial charge in [0.1, 0.15) is 5.69 Å². The van der Waals surface area contributed by atoms with E-state index in [0.29, 0.717) is 13.2 Å². The van der Waals surface area contributed by atoms with Crippen LogP contribution < -0.4 is 0 Å². The minimum Gasteiger partial charge on any atom is -0.396 e. The van der Waals surface area contributed by atoms with Crippen molar-refractivity contribution in [2.24, 2.45) is 5.41 Å². The first-order chi connectivity index (χ1) is 9.72. The summed E-state index contributed by atoms with van der Waals surface area (Å²) in [6, 6.07) is 1.98. The summed E-state index contributed by atoms with van der Waals surface area (Å²) >= 11 is 0. The van der Waals surface area contributed by atoms with Gasteiger partial charge in [0.15, 0.2) is 5.82 Å². The zero-order chi connectivity index (χ0) is 14.0. The molecule has 0 amide bonds. The van der Waals surface area contributed by atoms with Crippen molar-refractivity contribution < 1.29 is 9.84 Å². The summed E-state index contributed by atoms with van der Waals surface area (Å²) in [5, 5.41) is 17.0. The molecule has 20 heavy (non-hydrogen) atoms. The molecule has 0 spiro atoms. The molecule has 108 valence electrons. The van der Waals surface area contributed by atoms with E-state index in [9.17, 15) is 5.11 Å². The average Bonchev–Trinajstić information content (AvgIpc) is 3.08. The Labute approximate surface area is 117 Å². The molecule has 6 nitrogen and oxygen atoms in total. The molecular weight excluding hydrogens is 256 g/mol. The highest BCUT2D eigenvalue weighted by Crippen LogP contribution is 2.33. The third-order valence-corrected chi connectivity index (χ3v) is 4.05. The van der Waals surface area contributed by atoms with E-state index in [-0.39, 0.29) is 12.0 Å². The molecule has 6 heteroatoms. The molecule has 0 saturated carbocycles. The van der Waals surface area contributed by atoms with Crippen molar-refractivity contribution in [2.75, 3.05) is 19.8 Å². The van der Waals surface area contributed by atoms with Crippen LogP contribution in [0.1, 0.15) is 18.5 Å². The van der Waals surface area contributed by atoms with Crippen molar-refractivity contribution in [1.29, 1.82) is 0 Å². The van der Waals surface area contributed by atoms with Gasteiger partial charge < -0.3 is 14.4 Å². The molecule has 1 aliphatic heterocycles. The normalized spacial score (nSPS) is 18.3. The zero-order valence-electron chi connectivity index (χ0n) is 11.7. The highest BCUT2D eigenvalue weighted by atomic mass is 16.5. The van der Waals surface area contributed by atoms with Gasteiger partial charge in [-0.2, -0.15) is 5.10 Å². The molecule has 3 rings (SSSR count). The predicted molar refractivity (Wildman–Crippen MR) is 74.1 cm³/mol. The molecular formula is C14H20N4O2. The summed E-state index contributed by atoms with van der Waals surface area (Å²) < 4.78 is 7.49. The molecule has 0 bridgehead atoms. The Morgan fingerprint density at radius 1 is 1.45 bits per heavy atom. The number of aliphatic hydroxyl groups excluding tert-OH is 1. The fraction of sp³-hybridized carbons (Fsp3) is 0.571. The minimum atomic E-state index is -0.112. The van der Waals surface area contributed by atoms with E-state index in [1.54, 1.807) is 6.20 Å². The molecule has 2 aromatic rings. The van der Waals surface area contributed by atoms with Crippen molar-refractivity contribution >= 4 is 0 Å². The van der Waals surface area contributed by atoms with E-state index in [4.69, 9.17) is 4.74 Å². The van der Waals surface area contributed by atoms with Gasteiger partial charge in [-0.15, -0.1) is 0 Å². The topological polar surface area (TPSA) is 76.0 Å². The second kappa shape index (κ2) is 5.38. The number of aromatic amines is 1. The summed E-state index contributed by atoms with van der Waals surface area (Å²) in [4.78, 5) is 4.40. The lowest BCUT2D eigenvalue weighted by atomic mass is 9.81. The lowest BCUT2D eigenvalue weighted by molar-refractivity contribution is -0.0250. The number of aliphatic hydroxyl groups is 1. The van der Waals surface area contributed by atoms with Gasteiger partial charge in [-0.1, -0.05) is 0 Å². The van der Waals surface area contributed by atoms with E-state index < -0.39 is 0 Å². The van der Waals surface area contributed by atoms with Gasteiger partial charge in [0.25, 0.3) is 0 Å². The first kappa shape index (κ1) is 13.3. The standard InChI is InChI=1S/C14H20N4O2/c1-11-8-12(17-16-11)13-15-4-5-18(13)9-14(10-19)2-6-20-7-3-14/h4-5,8,19H,2-3,6-7,9-10H2,1H3,(H,16,17). The lowest BCUT2D eigenvalue weighted by Crippen LogP contribution is -2.37. The van der Waals surface area contributed by atoms with Crippen LogP contribution in [0.25, 0.3) is 11.5 Å². The number of imidazole rings is 1. The number of H-pyrrole nitrogens is 1. The number of rotatable bonds is 4. The molecule has 1 aliphatic rings. The van der Waals surface area contributed by atoms with Crippen molar-refractivity contribution in [3.63, 3.8) is 0 Å². The Balaban J connectivity index is 1.86. The van der Waals surface area contributed by atoms with E-state index in [1.807, 2.05) is 19.2 Å². The van der Waals surface area contributed by atoms with Crippen LogP contribution in [0.4, 0.5) is 0 Å². The van der Waals surface area contributed by atoms with Crippen LogP contribution in [0.15, 0.2) is 18.5 Å². The fourth-order valence-corrected chi connectivity index (χ4v) is 2.73. The van der Waals surface area contributed by atoms with Gasteiger partial charge in [0, 0.05) is 43.3 Å². The van der Waals surface area contributed by atoms with Gasteiger partial charge in [0.2, 0.25) is 0 Å². The van der Waals surface area contributed by atoms with E-state index in [2.05, 4.69) is 19.7 Å². The highest BCUT2D eigenvalue weighted by molar-refractivity contribution is 5.49. The molecule has 1 saturated heterocycles. The van der Waals surface area contributed by atoms with Gasteiger partial charge >= 0.3 is 0 Å². The summed E-state index contributed by atoms with van der Waals surface area (Å²) in [7, 11) is 0. The smallest absolute Gasteiger partial charge is 0.160 e. The molecule has 2 N–H and O–H groups in total. The SMILES string of the molecule is Cc1cc(-c2nccn2CC2(CO)CCOCC2)n[nH]1. The highest BCUT2D eigenvalue weighted by Gasteiger charge is 2.33. The minimum absolute atomic E-state index is 0.112. The Morgan fingerprint density at radius 2 is 2.25 bits per heavy atom. The summed E-state index contributed by atoms with van der Waals surface area (Å²) in [6.07, 6.45) is 5.48. The number of hydrogen-bond donors (Lipinski definition) is 2. The molecule has 0 aromatic carbocycles. The van der Waals surface area contributed by atoms with Crippen molar-refractivity contribution in [3.8, 4) is 11.5 Å². The Bertz CT molecular complexity index is 569. The molecule has 0 aliphatic carbocycles. The Kier molecular flexibility index (Phi) is 3.58. The second-order valence-corrected chi connectivity index (χ2v) is 5.59. The van der Waals surface area contributed by atoms with Crippen LogP contribution in [0.3, 0.4) is 0 Å². The van der Waals surface area contributed by atoms with Crippen LogP contribution in [0.5, 0.6) is 0 Å². The first-order valence-electron chi connectivity index (χ1n) is 6.95. The molecule has 2 aromatic heterocycles.